The normalized spacial score (nSPS) is 20.2. The maximum Gasteiger partial charge on any atom is 0.387 e. The molecule has 1 aliphatic heterocycles. The zero-order valence-corrected chi connectivity index (χ0v) is 18.3. The lowest BCUT2D eigenvalue weighted by molar-refractivity contribution is -0.0486. The van der Waals surface area contributed by atoms with E-state index in [2.05, 4.69) is 19.2 Å². The second-order valence-corrected chi connectivity index (χ2v) is 8.90. The molecule has 2 unspecified atom stereocenters. The van der Waals surface area contributed by atoms with Crippen molar-refractivity contribution in [3.05, 3.63) is 63.4 Å². The van der Waals surface area contributed by atoms with Crippen molar-refractivity contribution < 1.29 is 23.4 Å². The molecule has 172 valence electrons. The number of rotatable bonds is 5. The fraction of sp³-hybridized carbons (Fsp3) is 0.360. The van der Waals surface area contributed by atoms with E-state index in [0.29, 0.717) is 29.6 Å². The average Bonchev–Trinajstić information content (AvgIpc) is 3.61. The Balaban J connectivity index is 1.77. The maximum absolute atomic E-state index is 13.6. The standard InChI is InChI=1S/C25H24F2N2O4/c1-12-13(2)28-10-15-9-14(3-6-17(12)15)18-7-8-19-21(23(18)33-25(26)27)29(16-4-5-16)11-20(22(19)30)24(31)32/h3,6-9,11-13,16,25,28H,4-5,10H2,1-2H3,(H,31,32). The van der Waals surface area contributed by atoms with E-state index in [9.17, 15) is 23.5 Å². The highest BCUT2D eigenvalue weighted by Crippen LogP contribution is 2.44. The fourth-order valence-electron chi connectivity index (χ4n) is 4.73. The number of alkyl halides is 2. The van der Waals surface area contributed by atoms with Crippen LogP contribution in [-0.2, 0) is 6.54 Å². The minimum absolute atomic E-state index is 0.0586. The number of hydrogen-bond donors (Lipinski definition) is 2. The number of carboxylic acids is 1. The molecular formula is C25H24F2N2O4. The molecule has 0 spiro atoms. The molecule has 0 radical (unpaired) electrons. The first-order valence-electron chi connectivity index (χ1n) is 11.0. The van der Waals surface area contributed by atoms with Crippen LogP contribution in [0, 0.1) is 0 Å². The number of pyridine rings is 1. The number of hydrogen-bond acceptors (Lipinski definition) is 4. The summed E-state index contributed by atoms with van der Waals surface area (Å²) in [6, 6.07) is 9.22. The number of nitrogens with one attached hydrogen (secondary N) is 1. The summed E-state index contributed by atoms with van der Waals surface area (Å²) >= 11 is 0. The SMILES string of the molecule is CC1NCc2cc(-c3ccc4c(=O)c(C(=O)O)cn(C5CC5)c4c3OC(F)F)ccc2C1C. The van der Waals surface area contributed by atoms with Gasteiger partial charge in [0.15, 0.2) is 5.75 Å². The van der Waals surface area contributed by atoms with Crippen LogP contribution in [0.2, 0.25) is 0 Å². The van der Waals surface area contributed by atoms with Gasteiger partial charge in [-0.2, -0.15) is 8.78 Å². The molecule has 2 aliphatic rings. The molecule has 6 nitrogen and oxygen atoms in total. The van der Waals surface area contributed by atoms with Crippen molar-refractivity contribution in [1.29, 1.82) is 0 Å². The van der Waals surface area contributed by atoms with Gasteiger partial charge in [-0.15, -0.1) is 0 Å². The second-order valence-electron chi connectivity index (χ2n) is 8.90. The molecule has 8 heteroatoms. The number of nitrogens with zero attached hydrogens (tertiary/aromatic N) is 1. The molecule has 2 atom stereocenters. The fourth-order valence-corrected chi connectivity index (χ4v) is 4.73. The van der Waals surface area contributed by atoms with Crippen LogP contribution in [-0.4, -0.2) is 28.3 Å². The third-order valence-corrected chi connectivity index (χ3v) is 6.83. The molecule has 2 N–H and O–H groups in total. The number of halogens is 2. The van der Waals surface area contributed by atoms with Crippen LogP contribution < -0.4 is 15.5 Å². The third-order valence-electron chi connectivity index (χ3n) is 6.83. The van der Waals surface area contributed by atoms with E-state index >= 15 is 0 Å². The predicted molar refractivity (Wildman–Crippen MR) is 120 cm³/mol. The number of carbonyl (C=O) groups is 1. The van der Waals surface area contributed by atoms with Crippen molar-refractivity contribution in [2.45, 2.75) is 57.8 Å². The highest BCUT2D eigenvalue weighted by Gasteiger charge is 2.30. The summed E-state index contributed by atoms with van der Waals surface area (Å²) in [5.74, 6) is -1.14. The molecule has 2 aromatic carbocycles. The van der Waals surface area contributed by atoms with Crippen LogP contribution in [0.25, 0.3) is 22.0 Å². The molecule has 1 aromatic heterocycles. The Morgan fingerprint density at radius 1 is 1.21 bits per heavy atom. The summed E-state index contributed by atoms with van der Waals surface area (Å²) in [6.45, 7) is 1.84. The predicted octanol–water partition coefficient (Wildman–Crippen LogP) is 4.90. The first-order valence-corrected chi connectivity index (χ1v) is 11.0. The lowest BCUT2D eigenvalue weighted by Crippen LogP contribution is -2.35. The molecule has 5 rings (SSSR count). The van der Waals surface area contributed by atoms with Crippen molar-refractivity contribution in [2.24, 2.45) is 0 Å². The van der Waals surface area contributed by atoms with Gasteiger partial charge in [0.2, 0.25) is 5.43 Å². The van der Waals surface area contributed by atoms with Gasteiger partial charge in [0.05, 0.1) is 10.9 Å². The van der Waals surface area contributed by atoms with E-state index in [1.165, 1.54) is 17.8 Å². The van der Waals surface area contributed by atoms with Crippen LogP contribution in [0.4, 0.5) is 8.78 Å². The number of ether oxygens (including phenoxy) is 1. The number of fused-ring (bicyclic) bond motifs is 2. The van der Waals surface area contributed by atoms with Crippen molar-refractivity contribution in [3.8, 4) is 16.9 Å². The Hall–Kier alpha value is -3.26. The highest BCUT2D eigenvalue weighted by atomic mass is 19.3. The van der Waals surface area contributed by atoms with E-state index < -0.39 is 18.0 Å². The van der Waals surface area contributed by atoms with Crippen LogP contribution in [0.5, 0.6) is 5.75 Å². The molecule has 1 saturated carbocycles. The number of benzene rings is 2. The Kier molecular flexibility index (Phi) is 5.20. The zero-order valence-electron chi connectivity index (χ0n) is 18.3. The third kappa shape index (κ3) is 3.68. The topological polar surface area (TPSA) is 80.6 Å². The van der Waals surface area contributed by atoms with Crippen molar-refractivity contribution in [1.82, 2.24) is 9.88 Å². The van der Waals surface area contributed by atoms with E-state index in [1.807, 2.05) is 18.2 Å². The quantitative estimate of drug-likeness (QED) is 0.573. The Labute approximate surface area is 188 Å². The lowest BCUT2D eigenvalue weighted by atomic mass is 9.85. The monoisotopic (exact) mass is 454 g/mol. The van der Waals surface area contributed by atoms with E-state index in [-0.39, 0.29) is 28.3 Å². The minimum Gasteiger partial charge on any atom is -0.477 e. The molecule has 33 heavy (non-hydrogen) atoms. The molecule has 1 fully saturated rings. The minimum atomic E-state index is -3.10. The summed E-state index contributed by atoms with van der Waals surface area (Å²) in [7, 11) is 0. The zero-order chi connectivity index (χ0) is 23.4. The summed E-state index contributed by atoms with van der Waals surface area (Å²) in [6.07, 6.45) is 2.80. The molecule has 2 heterocycles. The van der Waals surface area contributed by atoms with Crippen LogP contribution in [0.1, 0.15) is 60.1 Å². The number of carboxylic acid groups (broad SMARTS) is 1. The number of aromatic nitrogens is 1. The smallest absolute Gasteiger partial charge is 0.387 e. The molecule has 0 amide bonds. The van der Waals surface area contributed by atoms with E-state index in [0.717, 1.165) is 18.4 Å². The molecule has 1 aliphatic carbocycles. The Morgan fingerprint density at radius 2 is 1.97 bits per heavy atom. The summed E-state index contributed by atoms with van der Waals surface area (Å²) in [4.78, 5) is 24.5. The first-order chi connectivity index (χ1) is 15.8. The summed E-state index contributed by atoms with van der Waals surface area (Å²) in [5.41, 5.74) is 2.56. The molecular weight excluding hydrogens is 430 g/mol. The second kappa shape index (κ2) is 7.95. The van der Waals surface area contributed by atoms with Crippen LogP contribution in [0.3, 0.4) is 0 Å². The molecule has 0 saturated heterocycles. The van der Waals surface area contributed by atoms with Gasteiger partial charge in [0.25, 0.3) is 0 Å². The van der Waals surface area contributed by atoms with Crippen LogP contribution >= 0.6 is 0 Å². The van der Waals surface area contributed by atoms with Crippen LogP contribution in [0.15, 0.2) is 41.3 Å². The largest absolute Gasteiger partial charge is 0.477 e. The van der Waals surface area contributed by atoms with E-state index in [4.69, 9.17) is 4.74 Å². The number of aromatic carboxylic acids is 1. The summed E-state index contributed by atoms with van der Waals surface area (Å²) < 4.78 is 33.7. The molecule has 0 bridgehead atoms. The highest BCUT2D eigenvalue weighted by molar-refractivity contribution is 5.97. The van der Waals surface area contributed by atoms with Gasteiger partial charge < -0.3 is 19.7 Å². The van der Waals surface area contributed by atoms with Gasteiger partial charge in [-0.3, -0.25) is 4.79 Å². The van der Waals surface area contributed by atoms with Gasteiger partial charge in [-0.25, -0.2) is 4.79 Å². The molecule has 3 aromatic rings. The van der Waals surface area contributed by atoms with Crippen molar-refractivity contribution in [2.75, 3.05) is 0 Å². The van der Waals surface area contributed by atoms with Gasteiger partial charge in [-0.05, 0) is 60.6 Å². The van der Waals surface area contributed by atoms with Gasteiger partial charge in [0.1, 0.15) is 5.56 Å². The van der Waals surface area contributed by atoms with E-state index in [1.54, 1.807) is 10.6 Å². The Morgan fingerprint density at radius 3 is 2.64 bits per heavy atom. The van der Waals surface area contributed by atoms with Gasteiger partial charge >= 0.3 is 12.6 Å². The maximum atomic E-state index is 13.6. The van der Waals surface area contributed by atoms with Gasteiger partial charge in [0, 0.05) is 30.4 Å². The Bertz CT molecular complexity index is 1330. The van der Waals surface area contributed by atoms with Gasteiger partial charge in [-0.1, -0.05) is 19.1 Å². The lowest BCUT2D eigenvalue weighted by Gasteiger charge is -2.30. The average molecular weight is 454 g/mol. The van der Waals surface area contributed by atoms with Crippen molar-refractivity contribution in [3.63, 3.8) is 0 Å². The first kappa shape index (κ1) is 21.6. The summed E-state index contributed by atoms with van der Waals surface area (Å²) in [5, 5.41) is 13.0. The van der Waals surface area contributed by atoms with Crippen molar-refractivity contribution >= 4 is 16.9 Å².